The molecule has 0 spiro atoms. The van der Waals surface area contributed by atoms with E-state index in [2.05, 4.69) is 5.32 Å². The Morgan fingerprint density at radius 2 is 1.28 bits per heavy atom. The molecular formula is C27H47NO19. The van der Waals surface area contributed by atoms with Gasteiger partial charge in [0, 0.05) is 26.6 Å². The molecule has 20 nitrogen and oxygen atoms in total. The first-order valence-corrected chi connectivity index (χ1v) is 15.4. The predicted octanol–water partition coefficient (Wildman–Crippen LogP) is -7.16. The van der Waals surface area contributed by atoms with Crippen molar-refractivity contribution >= 4 is 5.91 Å². The van der Waals surface area contributed by atoms with Crippen LogP contribution < -0.4 is 5.32 Å². The predicted molar refractivity (Wildman–Crippen MR) is 147 cm³/mol. The minimum absolute atomic E-state index is 0.109. The molecule has 20 heteroatoms. The highest BCUT2D eigenvalue weighted by atomic mass is 16.8. The second-order valence-corrected chi connectivity index (χ2v) is 12.0. The minimum atomic E-state index is -1.83. The van der Waals surface area contributed by atoms with Crippen LogP contribution >= 0.6 is 0 Å². The first-order valence-electron chi connectivity index (χ1n) is 15.4. The van der Waals surface area contributed by atoms with Gasteiger partial charge in [-0.25, -0.2) is 0 Å². The third kappa shape index (κ3) is 8.92. The summed E-state index contributed by atoms with van der Waals surface area (Å²) in [6, 6.07) is -1.45. The number of carbonyl (C=O) groups excluding carboxylic acids is 1. The number of aliphatic hydroxyl groups is 11. The van der Waals surface area contributed by atoms with E-state index in [1.54, 1.807) is 0 Å². The molecule has 274 valence electrons. The summed E-state index contributed by atoms with van der Waals surface area (Å²) in [6.45, 7) is -0.822. The number of nitrogens with one attached hydrogen (secondary N) is 1. The fourth-order valence-electron chi connectivity index (χ4n) is 6.04. The zero-order chi connectivity index (χ0) is 34.6. The van der Waals surface area contributed by atoms with E-state index in [4.69, 9.17) is 33.2 Å². The van der Waals surface area contributed by atoms with Crippen molar-refractivity contribution < 1.29 is 94.1 Å². The SMILES string of the molecule is CC(=O)N[C@H]1[C@H](O[C@@H]2[C@H](O[C@H]3C[C@H](O)CO[C@H]3O[C@@H]3[C@H](O)[C@H](O)O[C@@H](CCO)[C@H]3O)O[C@@H](CCO)[C@@H](O)[C@@H]2O)O[C@H](CO)[C@@H](O)[C@@H]1O. The summed E-state index contributed by atoms with van der Waals surface area (Å²) in [7, 11) is 0. The van der Waals surface area contributed by atoms with E-state index < -0.39 is 136 Å². The Bertz CT molecular complexity index is 982. The fraction of sp³-hybridized carbons (Fsp3) is 0.963. The molecule has 0 saturated carbocycles. The van der Waals surface area contributed by atoms with Gasteiger partial charge >= 0.3 is 0 Å². The van der Waals surface area contributed by atoms with Crippen molar-refractivity contribution in [3.63, 3.8) is 0 Å². The lowest BCUT2D eigenvalue weighted by molar-refractivity contribution is -0.382. The monoisotopic (exact) mass is 689 g/mol. The maximum absolute atomic E-state index is 11.9. The van der Waals surface area contributed by atoms with Crippen LogP contribution in [-0.4, -0.2) is 199 Å². The summed E-state index contributed by atoms with van der Waals surface area (Å²) < 4.78 is 40.1. The van der Waals surface area contributed by atoms with Gasteiger partial charge in [-0.3, -0.25) is 4.79 Å². The molecule has 0 aromatic rings. The number of amides is 1. The lowest BCUT2D eigenvalue weighted by Gasteiger charge is -2.48. The Morgan fingerprint density at radius 3 is 1.89 bits per heavy atom. The molecular weight excluding hydrogens is 642 g/mol. The second-order valence-electron chi connectivity index (χ2n) is 12.0. The lowest BCUT2D eigenvalue weighted by Crippen LogP contribution is -2.68. The zero-order valence-electron chi connectivity index (χ0n) is 25.5. The number of rotatable bonds is 12. The van der Waals surface area contributed by atoms with E-state index in [1.165, 1.54) is 0 Å². The summed E-state index contributed by atoms with van der Waals surface area (Å²) in [5.41, 5.74) is 0. The summed E-state index contributed by atoms with van der Waals surface area (Å²) in [6.07, 6.45) is -26.7. The number of aliphatic hydroxyl groups excluding tert-OH is 11. The standard InChI is InChI=1S/C27H47NO19/c1-9(32)28-15-19(37)17(35)14(7-31)45-26(15)47-23-20(38)16(34)11(2-4-29)43-27(23)44-13-6-10(33)8-41-25(13)46-22-18(36)12(3-5-30)42-24(40)21(22)39/h10-27,29-31,33-40H,2-8H2,1H3,(H,28,32)/t10-,11-,12-,13-,14+,15+,16+,17+,18+,19+,20-,21-,22-,23-,24+,25-,26-,27-/m0/s1. The van der Waals surface area contributed by atoms with E-state index in [9.17, 15) is 61.0 Å². The molecule has 4 fully saturated rings. The van der Waals surface area contributed by atoms with Crippen molar-refractivity contribution in [1.29, 1.82) is 0 Å². The van der Waals surface area contributed by atoms with Crippen LogP contribution in [0, 0.1) is 0 Å². The van der Waals surface area contributed by atoms with Crippen LogP contribution in [-0.2, 0) is 38.0 Å². The highest BCUT2D eigenvalue weighted by Gasteiger charge is 2.53. The van der Waals surface area contributed by atoms with Crippen LogP contribution in [0.15, 0.2) is 0 Å². The summed E-state index contributed by atoms with van der Waals surface area (Å²) in [5, 5.41) is 116. The fourth-order valence-corrected chi connectivity index (χ4v) is 6.04. The molecule has 4 rings (SSSR count). The van der Waals surface area contributed by atoms with Gasteiger partial charge in [0.15, 0.2) is 25.2 Å². The Kier molecular flexibility index (Phi) is 14.0. The average Bonchev–Trinajstić information content (AvgIpc) is 3.02. The summed E-state index contributed by atoms with van der Waals surface area (Å²) >= 11 is 0. The normalized spacial score (nSPS) is 47.8. The molecule has 4 heterocycles. The molecule has 0 aliphatic carbocycles. The first kappa shape index (κ1) is 38.6. The molecule has 4 aliphatic heterocycles. The quantitative estimate of drug-likeness (QED) is 0.0905. The van der Waals surface area contributed by atoms with Crippen LogP contribution in [0.4, 0.5) is 0 Å². The maximum atomic E-state index is 11.9. The highest BCUT2D eigenvalue weighted by Crippen LogP contribution is 2.34. The van der Waals surface area contributed by atoms with Crippen molar-refractivity contribution in [1.82, 2.24) is 5.32 Å². The van der Waals surface area contributed by atoms with Crippen molar-refractivity contribution in [2.24, 2.45) is 0 Å². The number of hydrogen-bond acceptors (Lipinski definition) is 19. The minimum Gasteiger partial charge on any atom is -0.396 e. The van der Waals surface area contributed by atoms with Crippen LogP contribution in [0.3, 0.4) is 0 Å². The Hall–Kier alpha value is -1.25. The van der Waals surface area contributed by atoms with Gasteiger partial charge in [-0.2, -0.15) is 0 Å². The van der Waals surface area contributed by atoms with Crippen LogP contribution in [0.1, 0.15) is 26.2 Å². The van der Waals surface area contributed by atoms with Crippen LogP contribution in [0.5, 0.6) is 0 Å². The molecule has 47 heavy (non-hydrogen) atoms. The topological polar surface area (TPSA) is 316 Å². The Morgan fingerprint density at radius 1 is 0.681 bits per heavy atom. The van der Waals surface area contributed by atoms with Gasteiger partial charge < -0.3 is 94.6 Å². The molecule has 1 amide bonds. The number of hydrogen-bond donors (Lipinski definition) is 12. The van der Waals surface area contributed by atoms with Gasteiger partial charge in [-0.15, -0.1) is 0 Å². The lowest BCUT2D eigenvalue weighted by atomic mass is 9.95. The van der Waals surface area contributed by atoms with Gasteiger partial charge in [-0.05, 0) is 12.8 Å². The highest BCUT2D eigenvalue weighted by molar-refractivity contribution is 5.73. The first-order chi connectivity index (χ1) is 22.3. The Balaban J connectivity index is 1.60. The van der Waals surface area contributed by atoms with Crippen LogP contribution in [0.25, 0.3) is 0 Å². The average molecular weight is 690 g/mol. The smallest absolute Gasteiger partial charge is 0.217 e. The number of ether oxygens (including phenoxy) is 7. The van der Waals surface area contributed by atoms with E-state index in [0.717, 1.165) is 6.92 Å². The van der Waals surface area contributed by atoms with Crippen molar-refractivity contribution in [2.45, 2.75) is 137 Å². The molecule has 0 aromatic heterocycles. The summed E-state index contributed by atoms with van der Waals surface area (Å²) in [5.74, 6) is -0.658. The van der Waals surface area contributed by atoms with Gasteiger partial charge in [0.1, 0.15) is 67.1 Å². The van der Waals surface area contributed by atoms with E-state index in [0.29, 0.717) is 0 Å². The van der Waals surface area contributed by atoms with E-state index in [1.807, 2.05) is 0 Å². The summed E-state index contributed by atoms with van der Waals surface area (Å²) in [4.78, 5) is 11.9. The van der Waals surface area contributed by atoms with Crippen molar-refractivity contribution in [3.8, 4) is 0 Å². The zero-order valence-corrected chi connectivity index (χ0v) is 25.5. The van der Waals surface area contributed by atoms with E-state index >= 15 is 0 Å². The number of carbonyl (C=O) groups is 1. The van der Waals surface area contributed by atoms with Gasteiger partial charge in [0.2, 0.25) is 5.91 Å². The van der Waals surface area contributed by atoms with Crippen molar-refractivity contribution in [2.75, 3.05) is 26.4 Å². The van der Waals surface area contributed by atoms with Gasteiger partial charge in [0.05, 0.1) is 31.5 Å². The molecule has 0 bridgehead atoms. The van der Waals surface area contributed by atoms with Crippen molar-refractivity contribution in [3.05, 3.63) is 0 Å². The largest absolute Gasteiger partial charge is 0.396 e. The molecule has 18 atom stereocenters. The maximum Gasteiger partial charge on any atom is 0.217 e. The van der Waals surface area contributed by atoms with Gasteiger partial charge in [-0.1, -0.05) is 0 Å². The molecule has 4 saturated heterocycles. The Labute approximate surface area is 268 Å². The molecule has 0 aromatic carbocycles. The molecule has 4 aliphatic rings. The third-order valence-electron chi connectivity index (χ3n) is 8.54. The van der Waals surface area contributed by atoms with E-state index in [-0.39, 0.29) is 25.9 Å². The molecule has 12 N–H and O–H groups in total. The molecule has 0 radical (unpaired) electrons. The third-order valence-corrected chi connectivity index (χ3v) is 8.54. The molecule has 0 unspecified atom stereocenters. The van der Waals surface area contributed by atoms with Gasteiger partial charge in [0.25, 0.3) is 0 Å². The second kappa shape index (κ2) is 17.1. The van der Waals surface area contributed by atoms with Crippen LogP contribution in [0.2, 0.25) is 0 Å².